The second kappa shape index (κ2) is 33.5. The average Bonchev–Trinajstić information content (AvgIpc) is 2.77. The molecule has 0 aromatic rings. The van der Waals surface area contributed by atoms with Gasteiger partial charge in [-0.15, -0.1) is 0 Å². The summed E-state index contributed by atoms with van der Waals surface area (Å²) < 4.78 is 32.0. The number of quaternary nitrogens is 4. The Balaban J connectivity index is 0. The molecule has 30 heavy (non-hydrogen) atoms. The number of rotatable bonds is 6. The molecule has 1 saturated heterocycles. The topological polar surface area (TPSA) is 122 Å². The maximum Gasteiger partial charge on any atom is 0.339 e. The zero-order chi connectivity index (χ0) is 22.4. The van der Waals surface area contributed by atoms with Gasteiger partial charge < -0.3 is 49.2 Å². The smallest absolute Gasteiger partial charge is 0.339 e. The molecular formula is C16H52B4N4O6. The van der Waals surface area contributed by atoms with Gasteiger partial charge in [0.05, 0.1) is 79.3 Å². The second-order valence-electron chi connectivity index (χ2n) is 5.97. The van der Waals surface area contributed by atoms with E-state index in [4.69, 9.17) is 28.4 Å². The second-order valence-corrected chi connectivity index (χ2v) is 5.97. The third-order valence-electron chi connectivity index (χ3n) is 3.52. The number of nitrogens with two attached hydrogens (primary N) is 4. The summed E-state index contributed by atoms with van der Waals surface area (Å²) in [4.78, 5) is 0. The molecule has 0 aromatic carbocycles. The van der Waals surface area contributed by atoms with Gasteiger partial charge in [0.25, 0.3) is 0 Å². The summed E-state index contributed by atoms with van der Waals surface area (Å²) in [6.07, 6.45) is 0. The molecule has 1 rings (SSSR count). The molecule has 0 radical (unpaired) electrons. The first-order valence-electron chi connectivity index (χ1n) is 11.0. The fourth-order valence-corrected chi connectivity index (χ4v) is 1.79. The van der Waals surface area contributed by atoms with Crippen LogP contribution in [0.15, 0.2) is 0 Å². The Morgan fingerprint density at radius 3 is 0.800 bits per heavy atom. The lowest BCUT2D eigenvalue weighted by Crippen LogP contribution is -3.07. The lowest BCUT2D eigenvalue weighted by molar-refractivity contribution is -0.583. The molecule has 184 valence electrons. The quantitative estimate of drug-likeness (QED) is 0.241. The van der Waals surface area contributed by atoms with Crippen molar-refractivity contribution < 1.29 is 49.2 Å². The zero-order valence-corrected chi connectivity index (χ0v) is 18.7. The Morgan fingerprint density at radius 2 is 0.700 bits per heavy atom. The van der Waals surface area contributed by atoms with E-state index in [0.29, 0.717) is 110 Å². The van der Waals surface area contributed by atoms with Crippen LogP contribution in [0.4, 0.5) is 0 Å². The van der Waals surface area contributed by atoms with Crippen LogP contribution in [0.5, 0.6) is 0 Å². The summed E-state index contributed by atoms with van der Waals surface area (Å²) in [5, 5.41) is 9.94. The van der Waals surface area contributed by atoms with Crippen LogP contribution in [-0.4, -0.2) is 123 Å². The molecule has 0 aliphatic carbocycles. The van der Waals surface area contributed by atoms with Crippen molar-refractivity contribution in [3.05, 3.63) is 0 Å². The van der Waals surface area contributed by atoms with Crippen molar-refractivity contribution in [2.24, 2.45) is 0 Å². The summed E-state index contributed by atoms with van der Waals surface area (Å²) in [5.74, 6) is 0. The predicted molar refractivity (Wildman–Crippen MR) is 131 cm³/mol. The maximum absolute atomic E-state index is 5.33. The van der Waals surface area contributed by atoms with E-state index < -0.39 is 0 Å². The van der Waals surface area contributed by atoms with E-state index in [2.05, 4.69) is 34.6 Å². The highest BCUT2D eigenvalue weighted by molar-refractivity contribution is 6.19. The van der Waals surface area contributed by atoms with Crippen molar-refractivity contribution in [2.45, 2.75) is 13.8 Å². The monoisotopic (exact) mass is 440 g/mol. The molecule has 0 saturated carbocycles. The Kier molecular flexibility index (Phi) is 35.8. The molecule has 8 N–H and O–H groups in total. The van der Waals surface area contributed by atoms with Crippen LogP contribution in [0.1, 0.15) is 13.8 Å². The van der Waals surface area contributed by atoms with Crippen LogP contribution < -0.4 is 20.7 Å². The van der Waals surface area contributed by atoms with Crippen LogP contribution in [0.2, 0.25) is 0 Å². The van der Waals surface area contributed by atoms with Crippen molar-refractivity contribution in [3.63, 3.8) is 0 Å². The van der Waals surface area contributed by atoms with Crippen LogP contribution in [0, 0.1) is 0 Å². The van der Waals surface area contributed by atoms with E-state index in [1.54, 1.807) is 0 Å². The Labute approximate surface area is 187 Å². The SMILES string of the molecule is C1COCCOCCOCCOCCOCCO1.[BH3-][NH2+][BH2-][NH2+]CC.[BH3-][NH2+][BH2-][NH2+]CC. The van der Waals surface area contributed by atoms with Crippen LogP contribution >= 0.6 is 0 Å². The minimum Gasteiger partial charge on any atom is -0.699 e. The molecule has 1 aliphatic heterocycles. The van der Waals surface area contributed by atoms with Crippen molar-refractivity contribution in [1.29, 1.82) is 0 Å². The van der Waals surface area contributed by atoms with E-state index >= 15 is 0 Å². The Bertz CT molecular complexity index is 205. The van der Waals surface area contributed by atoms with Crippen molar-refractivity contribution >= 4 is 31.1 Å². The highest BCUT2D eigenvalue weighted by atomic mass is 16.6. The molecule has 10 nitrogen and oxygen atoms in total. The molecule has 1 fully saturated rings. The summed E-state index contributed by atoms with van der Waals surface area (Å²) >= 11 is 0. The van der Waals surface area contributed by atoms with Gasteiger partial charge in [0.1, 0.15) is 16.0 Å². The Morgan fingerprint density at radius 1 is 0.500 bits per heavy atom. The van der Waals surface area contributed by atoms with Gasteiger partial charge in [-0.1, -0.05) is 0 Å². The van der Waals surface area contributed by atoms with Crippen molar-refractivity contribution in [1.82, 2.24) is 0 Å². The minimum absolute atomic E-state index is 0.382. The van der Waals surface area contributed by atoms with Gasteiger partial charge in [0.2, 0.25) is 0 Å². The van der Waals surface area contributed by atoms with Gasteiger partial charge in [-0.3, -0.25) is 0 Å². The molecule has 0 atom stereocenters. The summed E-state index contributed by atoms with van der Waals surface area (Å²) in [6.45, 7) is 14.1. The number of hydrogen-bond acceptors (Lipinski definition) is 6. The highest BCUT2D eigenvalue weighted by Gasteiger charge is 1.95. The third-order valence-corrected chi connectivity index (χ3v) is 3.52. The van der Waals surface area contributed by atoms with E-state index in [1.807, 2.05) is 0 Å². The molecule has 0 aromatic heterocycles. The molecule has 1 heterocycles. The van der Waals surface area contributed by atoms with Crippen LogP contribution in [0.25, 0.3) is 0 Å². The summed E-state index contributed by atoms with van der Waals surface area (Å²) in [6, 6.07) is 0. The zero-order valence-electron chi connectivity index (χ0n) is 18.7. The molecule has 1 aliphatic rings. The van der Waals surface area contributed by atoms with Gasteiger partial charge in [-0.05, 0) is 13.8 Å². The largest absolute Gasteiger partial charge is 0.699 e. The molecule has 0 unspecified atom stereocenters. The van der Waals surface area contributed by atoms with E-state index in [9.17, 15) is 0 Å². The maximum atomic E-state index is 5.33. The van der Waals surface area contributed by atoms with E-state index in [1.165, 1.54) is 13.1 Å². The average molecular weight is 440 g/mol. The van der Waals surface area contributed by atoms with Gasteiger partial charge in [-0.2, -0.15) is 0 Å². The fraction of sp³-hybridized carbons (Fsp3) is 1.00. The Hall–Kier alpha value is -0.140. The highest BCUT2D eigenvalue weighted by Crippen LogP contribution is 1.86. The van der Waals surface area contributed by atoms with Gasteiger partial charge in [0, 0.05) is 13.1 Å². The van der Waals surface area contributed by atoms with Crippen molar-refractivity contribution in [2.75, 3.05) is 92.4 Å². The lowest BCUT2D eigenvalue weighted by atomic mass is 10.1. The fourth-order valence-electron chi connectivity index (χ4n) is 1.79. The summed E-state index contributed by atoms with van der Waals surface area (Å²) in [5.41, 5.74) is 0. The predicted octanol–water partition coefficient (Wildman–Crippen LogP) is -9.08. The first-order valence-corrected chi connectivity index (χ1v) is 11.0. The third kappa shape index (κ3) is 35.3. The van der Waals surface area contributed by atoms with Crippen LogP contribution in [-0.2, 0) is 28.4 Å². The molecule has 0 bridgehead atoms. The van der Waals surface area contributed by atoms with E-state index in [-0.39, 0.29) is 0 Å². The molecule has 14 heteroatoms. The molecule has 0 spiro atoms. The normalized spacial score (nSPS) is 18.0. The van der Waals surface area contributed by atoms with Gasteiger partial charge in [0.15, 0.2) is 0 Å². The number of ether oxygens (including phenoxy) is 6. The van der Waals surface area contributed by atoms with Gasteiger partial charge >= 0.3 is 15.1 Å². The minimum atomic E-state index is 0.382. The lowest BCUT2D eigenvalue weighted by Gasteiger charge is -2.09. The van der Waals surface area contributed by atoms with E-state index in [0.717, 1.165) is 0 Å². The first kappa shape index (κ1) is 32.0. The van der Waals surface area contributed by atoms with Crippen molar-refractivity contribution in [3.8, 4) is 0 Å². The summed E-state index contributed by atoms with van der Waals surface area (Å²) in [7, 11) is 2.04. The standard InChI is InChI=1S/C12H24O6.2C2H14B2N2/c1-2-14-5-6-16-9-10-18-12-11-17-8-7-15-4-3-13-1;2*1-2-5-4-6-3/h1-12H2;2*2,4-6H2,1,3H3. The van der Waals surface area contributed by atoms with Crippen LogP contribution in [0.3, 0.4) is 0 Å². The molecule has 0 amide bonds. The first-order chi connectivity index (χ1) is 14.8. The molecular weight excluding hydrogens is 387 g/mol. The number of hydrogen-bond donors (Lipinski definition) is 4. The van der Waals surface area contributed by atoms with Gasteiger partial charge in [-0.25, -0.2) is 0 Å².